The van der Waals surface area contributed by atoms with Gasteiger partial charge < -0.3 is 15.6 Å². The van der Waals surface area contributed by atoms with Gasteiger partial charge in [-0.15, -0.1) is 11.3 Å². The zero-order valence-corrected chi connectivity index (χ0v) is 17.0. The monoisotopic (exact) mass is 397 g/mol. The standard InChI is InChI=1S/C21H24N4O2S/c1-12-5-7-14(8-6-12)17-13(2)28-21-18(17)20(27)23-16(24-21)11-25-9-3-4-15(10-25)19(22)26/h5-8,15H,3-4,9-11H2,1-2H3,(H2,22,26)(H,23,24,27)/p+1/t15-/m0/s1. The first-order valence-electron chi connectivity index (χ1n) is 9.64. The number of carbonyl (C=O) groups is 1. The molecule has 1 aliphatic rings. The van der Waals surface area contributed by atoms with Crippen molar-refractivity contribution >= 4 is 27.5 Å². The number of thiophene rings is 1. The number of H-pyrrole nitrogens is 1. The van der Waals surface area contributed by atoms with Gasteiger partial charge >= 0.3 is 0 Å². The van der Waals surface area contributed by atoms with Crippen molar-refractivity contribution in [1.82, 2.24) is 9.97 Å². The van der Waals surface area contributed by atoms with Gasteiger partial charge in [-0.05, 0) is 32.3 Å². The van der Waals surface area contributed by atoms with Crippen molar-refractivity contribution in [2.75, 3.05) is 13.1 Å². The van der Waals surface area contributed by atoms with Gasteiger partial charge in [0, 0.05) is 10.4 Å². The average Bonchev–Trinajstić information content (AvgIpc) is 2.99. The summed E-state index contributed by atoms with van der Waals surface area (Å²) in [6, 6.07) is 8.23. The molecular weight excluding hydrogens is 372 g/mol. The molecule has 4 rings (SSSR count). The van der Waals surface area contributed by atoms with Gasteiger partial charge in [0.05, 0.1) is 24.4 Å². The highest BCUT2D eigenvalue weighted by Crippen LogP contribution is 2.35. The predicted molar refractivity (Wildman–Crippen MR) is 111 cm³/mol. The molecule has 1 unspecified atom stereocenters. The minimum Gasteiger partial charge on any atom is -0.369 e. The van der Waals surface area contributed by atoms with Gasteiger partial charge in [-0.1, -0.05) is 29.8 Å². The van der Waals surface area contributed by atoms with Crippen molar-refractivity contribution in [2.45, 2.75) is 33.2 Å². The smallest absolute Gasteiger partial charge is 0.260 e. The predicted octanol–water partition coefficient (Wildman–Crippen LogP) is 1.55. The maximum Gasteiger partial charge on any atom is 0.260 e. The molecule has 0 radical (unpaired) electrons. The number of primary amides is 1. The summed E-state index contributed by atoms with van der Waals surface area (Å²) in [5.74, 6) is 0.358. The SMILES string of the molecule is Cc1ccc(-c2c(C)sc3nc(C[NH+]4CCC[C@H](C(N)=O)C4)[nH]c(=O)c23)cc1. The van der Waals surface area contributed by atoms with Crippen LogP contribution in [-0.2, 0) is 11.3 Å². The molecule has 1 amide bonds. The number of fused-ring (bicyclic) bond motifs is 1. The Hall–Kier alpha value is -2.51. The molecule has 0 saturated carbocycles. The molecule has 0 spiro atoms. The van der Waals surface area contributed by atoms with E-state index in [0.29, 0.717) is 24.3 Å². The quantitative estimate of drug-likeness (QED) is 0.624. The molecule has 4 N–H and O–H groups in total. The highest BCUT2D eigenvalue weighted by molar-refractivity contribution is 7.19. The van der Waals surface area contributed by atoms with Gasteiger partial charge in [0.15, 0.2) is 5.82 Å². The van der Waals surface area contributed by atoms with Crippen molar-refractivity contribution in [3.05, 3.63) is 50.9 Å². The average molecular weight is 398 g/mol. The Morgan fingerprint density at radius 2 is 2.07 bits per heavy atom. The molecule has 1 aromatic carbocycles. The summed E-state index contributed by atoms with van der Waals surface area (Å²) >= 11 is 1.56. The van der Waals surface area contributed by atoms with Crippen LogP contribution in [0.2, 0.25) is 0 Å². The summed E-state index contributed by atoms with van der Waals surface area (Å²) in [4.78, 5) is 35.3. The van der Waals surface area contributed by atoms with Crippen molar-refractivity contribution in [3.8, 4) is 11.1 Å². The lowest BCUT2D eigenvalue weighted by atomic mass is 9.97. The van der Waals surface area contributed by atoms with Crippen LogP contribution in [0.4, 0.5) is 0 Å². The number of rotatable bonds is 4. The number of nitrogens with one attached hydrogen (secondary N) is 2. The molecule has 1 saturated heterocycles. The van der Waals surface area contributed by atoms with E-state index >= 15 is 0 Å². The summed E-state index contributed by atoms with van der Waals surface area (Å²) in [6.45, 7) is 6.35. The Morgan fingerprint density at radius 3 is 2.79 bits per heavy atom. The maximum absolute atomic E-state index is 12.9. The second kappa shape index (κ2) is 7.48. The Morgan fingerprint density at radius 1 is 1.32 bits per heavy atom. The number of quaternary nitrogens is 1. The van der Waals surface area contributed by atoms with E-state index in [2.05, 4.69) is 36.2 Å². The number of hydrogen-bond donors (Lipinski definition) is 3. The van der Waals surface area contributed by atoms with Crippen LogP contribution in [-0.4, -0.2) is 29.0 Å². The molecule has 6 nitrogen and oxygen atoms in total. The van der Waals surface area contributed by atoms with E-state index in [0.717, 1.165) is 40.2 Å². The number of benzene rings is 1. The molecule has 3 heterocycles. The molecule has 1 aliphatic heterocycles. The minimum absolute atomic E-state index is 0.0867. The lowest BCUT2D eigenvalue weighted by Gasteiger charge is -2.27. The number of amides is 1. The fourth-order valence-electron chi connectivity index (χ4n) is 4.11. The first-order valence-corrected chi connectivity index (χ1v) is 10.5. The first-order chi connectivity index (χ1) is 13.4. The molecule has 2 atom stereocenters. The number of nitrogens with zero attached hydrogens (tertiary/aromatic N) is 1. The number of carbonyl (C=O) groups excluding carboxylic acids is 1. The van der Waals surface area contributed by atoms with Crippen molar-refractivity contribution in [1.29, 1.82) is 0 Å². The third kappa shape index (κ3) is 3.59. The first kappa shape index (κ1) is 18.8. The van der Waals surface area contributed by atoms with Crippen LogP contribution in [0.3, 0.4) is 0 Å². The van der Waals surface area contributed by atoms with Crippen molar-refractivity contribution in [2.24, 2.45) is 11.7 Å². The van der Waals surface area contributed by atoms with Crippen LogP contribution in [0.15, 0.2) is 29.1 Å². The summed E-state index contributed by atoms with van der Waals surface area (Å²) in [5.41, 5.74) is 8.59. The van der Waals surface area contributed by atoms with Crippen LogP contribution in [0.1, 0.15) is 29.1 Å². The molecule has 146 valence electrons. The van der Waals surface area contributed by atoms with Crippen LogP contribution >= 0.6 is 11.3 Å². The molecule has 1 fully saturated rings. The van der Waals surface area contributed by atoms with Gasteiger partial charge in [-0.3, -0.25) is 9.59 Å². The topological polar surface area (TPSA) is 93.3 Å². The second-order valence-corrected chi connectivity index (χ2v) is 8.92. The van der Waals surface area contributed by atoms with Gasteiger partial charge in [0.2, 0.25) is 5.91 Å². The van der Waals surface area contributed by atoms with E-state index in [1.165, 1.54) is 10.5 Å². The zero-order chi connectivity index (χ0) is 19.8. The maximum atomic E-state index is 12.9. The Bertz CT molecular complexity index is 1080. The molecule has 28 heavy (non-hydrogen) atoms. The van der Waals surface area contributed by atoms with Gasteiger partial charge in [-0.25, -0.2) is 4.98 Å². The normalized spacial score (nSPS) is 19.8. The van der Waals surface area contributed by atoms with E-state index in [1.54, 1.807) is 11.3 Å². The third-order valence-electron chi connectivity index (χ3n) is 5.57. The molecule has 3 aromatic rings. The highest BCUT2D eigenvalue weighted by Gasteiger charge is 2.28. The number of nitrogens with two attached hydrogens (primary N) is 1. The fourth-order valence-corrected chi connectivity index (χ4v) is 5.17. The van der Waals surface area contributed by atoms with E-state index in [4.69, 9.17) is 10.7 Å². The molecule has 0 bridgehead atoms. The summed E-state index contributed by atoms with van der Waals surface area (Å²) in [7, 11) is 0. The molecule has 2 aromatic heterocycles. The van der Waals surface area contributed by atoms with Crippen LogP contribution < -0.4 is 16.2 Å². The highest BCUT2D eigenvalue weighted by atomic mass is 32.1. The second-order valence-electron chi connectivity index (χ2n) is 7.71. The Balaban J connectivity index is 1.67. The number of likely N-dealkylation sites (tertiary alicyclic amines) is 1. The van der Waals surface area contributed by atoms with Gasteiger partial charge in [0.1, 0.15) is 11.4 Å². The molecular formula is C21H25N4O2S+. The molecule has 0 aliphatic carbocycles. The lowest BCUT2D eigenvalue weighted by Crippen LogP contribution is -3.12. The van der Waals surface area contributed by atoms with E-state index in [1.807, 2.05) is 6.92 Å². The van der Waals surface area contributed by atoms with Gasteiger partial charge in [-0.2, -0.15) is 0 Å². The van der Waals surface area contributed by atoms with E-state index in [-0.39, 0.29) is 17.4 Å². The number of aromatic amines is 1. The third-order valence-corrected chi connectivity index (χ3v) is 6.56. The summed E-state index contributed by atoms with van der Waals surface area (Å²) < 4.78 is 0. The number of hydrogen-bond acceptors (Lipinski definition) is 4. The summed E-state index contributed by atoms with van der Waals surface area (Å²) in [5, 5.41) is 0.666. The Labute approximate surface area is 167 Å². The largest absolute Gasteiger partial charge is 0.369 e. The minimum atomic E-state index is -0.231. The van der Waals surface area contributed by atoms with Crippen LogP contribution in [0.25, 0.3) is 21.3 Å². The van der Waals surface area contributed by atoms with Crippen LogP contribution in [0.5, 0.6) is 0 Å². The van der Waals surface area contributed by atoms with Crippen molar-refractivity contribution in [3.63, 3.8) is 0 Å². The van der Waals surface area contributed by atoms with Gasteiger partial charge in [0.25, 0.3) is 5.56 Å². The number of piperidine rings is 1. The zero-order valence-electron chi connectivity index (χ0n) is 16.2. The van der Waals surface area contributed by atoms with Crippen LogP contribution in [0, 0.1) is 19.8 Å². The van der Waals surface area contributed by atoms with E-state index in [9.17, 15) is 9.59 Å². The summed E-state index contributed by atoms with van der Waals surface area (Å²) in [6.07, 6.45) is 1.82. The number of aryl methyl sites for hydroxylation is 2. The lowest BCUT2D eigenvalue weighted by molar-refractivity contribution is -0.921. The Kier molecular flexibility index (Phi) is 5.03. The fraction of sp³-hybridized carbons (Fsp3) is 0.381. The van der Waals surface area contributed by atoms with E-state index < -0.39 is 0 Å². The van der Waals surface area contributed by atoms with Crippen molar-refractivity contribution < 1.29 is 9.69 Å². The molecule has 7 heteroatoms. The number of aromatic nitrogens is 2.